The van der Waals surface area contributed by atoms with Gasteiger partial charge in [0.25, 0.3) is 0 Å². The molecule has 3 aliphatic rings. The molecule has 2 saturated heterocycles. The number of carbonyl (C=O) groups excluding carboxylic acids is 2. The number of carbonyl (C=O) groups is 2. The van der Waals surface area contributed by atoms with Crippen molar-refractivity contribution in [2.45, 2.75) is 32.7 Å². The lowest BCUT2D eigenvalue weighted by molar-refractivity contribution is -0.140. The first-order valence-electron chi connectivity index (χ1n) is 10.1. The van der Waals surface area contributed by atoms with E-state index >= 15 is 0 Å². The van der Waals surface area contributed by atoms with Crippen molar-refractivity contribution in [1.29, 1.82) is 0 Å². The predicted octanol–water partition coefficient (Wildman–Crippen LogP) is 1.62. The molecule has 146 valence electrons. The number of aryl methyl sites for hydroxylation is 1. The van der Waals surface area contributed by atoms with Crippen molar-refractivity contribution >= 4 is 17.5 Å². The Labute approximate surface area is 161 Å². The van der Waals surface area contributed by atoms with E-state index in [4.69, 9.17) is 4.74 Å². The van der Waals surface area contributed by atoms with Gasteiger partial charge in [0.1, 0.15) is 0 Å². The number of nitrogens with zero attached hydrogens (tertiary/aromatic N) is 3. The summed E-state index contributed by atoms with van der Waals surface area (Å²) in [6.07, 6.45) is 0. The summed E-state index contributed by atoms with van der Waals surface area (Å²) in [4.78, 5) is 32.6. The molecule has 0 aliphatic carbocycles. The Morgan fingerprint density at radius 2 is 1.85 bits per heavy atom. The molecule has 2 fully saturated rings. The van der Waals surface area contributed by atoms with Gasteiger partial charge in [0.2, 0.25) is 11.8 Å². The average Bonchev–Trinajstić information content (AvgIpc) is 2.92. The van der Waals surface area contributed by atoms with Gasteiger partial charge in [0.05, 0.1) is 25.0 Å². The summed E-state index contributed by atoms with van der Waals surface area (Å²) >= 11 is 0. The maximum atomic E-state index is 13.3. The molecule has 0 N–H and O–H groups in total. The number of hydrogen-bond acceptors (Lipinski definition) is 5. The van der Waals surface area contributed by atoms with Gasteiger partial charge in [-0.1, -0.05) is 17.7 Å². The Bertz CT molecular complexity index is 744. The van der Waals surface area contributed by atoms with E-state index in [-0.39, 0.29) is 29.7 Å². The highest BCUT2D eigenvalue weighted by molar-refractivity contribution is 6.09. The number of anilines is 1. The highest BCUT2D eigenvalue weighted by Crippen LogP contribution is 2.47. The van der Waals surface area contributed by atoms with Crippen LogP contribution in [0.5, 0.6) is 0 Å². The average molecular weight is 371 g/mol. The number of amides is 2. The van der Waals surface area contributed by atoms with Crippen molar-refractivity contribution in [3.63, 3.8) is 0 Å². The Hall–Kier alpha value is -1.92. The predicted molar refractivity (Wildman–Crippen MR) is 104 cm³/mol. The first-order valence-corrected chi connectivity index (χ1v) is 10.1. The van der Waals surface area contributed by atoms with Gasteiger partial charge in [-0.25, -0.2) is 0 Å². The molecule has 3 aliphatic heterocycles. The Kier molecular flexibility index (Phi) is 4.95. The zero-order chi connectivity index (χ0) is 19.1. The normalized spacial score (nSPS) is 28.5. The van der Waals surface area contributed by atoms with Crippen LogP contribution in [-0.2, 0) is 14.3 Å². The highest BCUT2D eigenvalue weighted by atomic mass is 16.5. The summed E-state index contributed by atoms with van der Waals surface area (Å²) < 4.78 is 5.38. The van der Waals surface area contributed by atoms with E-state index in [1.807, 2.05) is 6.92 Å². The van der Waals surface area contributed by atoms with Crippen molar-refractivity contribution in [3.8, 4) is 0 Å². The van der Waals surface area contributed by atoms with Crippen molar-refractivity contribution in [2.75, 3.05) is 50.8 Å². The van der Waals surface area contributed by atoms with Gasteiger partial charge in [0.15, 0.2) is 0 Å². The smallest absolute Gasteiger partial charge is 0.237 e. The first-order chi connectivity index (χ1) is 13.0. The largest absolute Gasteiger partial charge is 0.379 e. The SMILES string of the molecule is CCN1c2ccc(C)cc2C2C(=O)N(CCN3CCOCC3)C(=O)C2C1C. The number of fused-ring (bicyclic) bond motifs is 3. The van der Waals surface area contributed by atoms with Crippen molar-refractivity contribution in [1.82, 2.24) is 9.80 Å². The van der Waals surface area contributed by atoms with Gasteiger partial charge in [-0.15, -0.1) is 0 Å². The van der Waals surface area contributed by atoms with Crippen LogP contribution < -0.4 is 4.90 Å². The quantitative estimate of drug-likeness (QED) is 0.753. The summed E-state index contributed by atoms with van der Waals surface area (Å²) in [5.74, 6) is -0.643. The summed E-state index contributed by atoms with van der Waals surface area (Å²) in [5, 5.41) is 0. The second kappa shape index (κ2) is 7.24. The minimum absolute atomic E-state index is 0.00337. The fraction of sp³-hybridized carbons (Fsp3) is 0.619. The second-order valence-corrected chi connectivity index (χ2v) is 7.87. The van der Waals surface area contributed by atoms with E-state index in [1.54, 1.807) is 0 Å². The van der Waals surface area contributed by atoms with Crippen LogP contribution >= 0.6 is 0 Å². The lowest BCUT2D eigenvalue weighted by atomic mass is 9.78. The molecule has 4 rings (SSSR count). The van der Waals surface area contributed by atoms with Crippen LogP contribution in [0.1, 0.15) is 30.9 Å². The molecule has 3 heterocycles. The molecule has 1 aromatic rings. The molecule has 0 bridgehead atoms. The standard InChI is InChI=1S/C21H29N3O3/c1-4-23-15(3)18-19(16-13-14(2)5-6-17(16)23)21(26)24(20(18)25)8-7-22-9-11-27-12-10-22/h5-6,13,15,18-19H,4,7-12H2,1-3H3. The molecule has 3 atom stereocenters. The molecule has 27 heavy (non-hydrogen) atoms. The van der Waals surface area contributed by atoms with E-state index in [2.05, 4.69) is 41.8 Å². The van der Waals surface area contributed by atoms with Crippen LogP contribution in [0.4, 0.5) is 5.69 Å². The summed E-state index contributed by atoms with van der Waals surface area (Å²) in [7, 11) is 0. The van der Waals surface area contributed by atoms with Gasteiger partial charge in [-0.3, -0.25) is 19.4 Å². The van der Waals surface area contributed by atoms with Gasteiger partial charge >= 0.3 is 0 Å². The molecule has 0 spiro atoms. The topological polar surface area (TPSA) is 53.1 Å². The summed E-state index contributed by atoms with van der Waals surface area (Å²) in [5.41, 5.74) is 3.25. The van der Waals surface area contributed by atoms with E-state index in [0.717, 1.165) is 56.2 Å². The number of imide groups is 1. The van der Waals surface area contributed by atoms with Crippen LogP contribution in [0.15, 0.2) is 18.2 Å². The Morgan fingerprint density at radius 3 is 2.56 bits per heavy atom. The summed E-state index contributed by atoms with van der Waals surface area (Å²) in [6, 6.07) is 6.32. The van der Waals surface area contributed by atoms with E-state index in [0.29, 0.717) is 6.54 Å². The first kappa shape index (κ1) is 18.4. The van der Waals surface area contributed by atoms with E-state index in [9.17, 15) is 9.59 Å². The van der Waals surface area contributed by atoms with Crippen molar-refractivity contribution in [3.05, 3.63) is 29.3 Å². The lowest BCUT2D eigenvalue weighted by Gasteiger charge is -2.41. The molecule has 3 unspecified atom stereocenters. The van der Waals surface area contributed by atoms with Crippen LogP contribution in [0.2, 0.25) is 0 Å². The van der Waals surface area contributed by atoms with Crippen LogP contribution in [0.3, 0.4) is 0 Å². The fourth-order valence-corrected chi connectivity index (χ4v) is 4.91. The fourth-order valence-electron chi connectivity index (χ4n) is 4.91. The number of morpholine rings is 1. The Balaban J connectivity index is 1.62. The number of ether oxygens (including phenoxy) is 1. The van der Waals surface area contributed by atoms with Gasteiger partial charge in [-0.05, 0) is 32.4 Å². The van der Waals surface area contributed by atoms with E-state index in [1.165, 1.54) is 4.90 Å². The molecule has 0 aromatic heterocycles. The molecule has 0 saturated carbocycles. The summed E-state index contributed by atoms with van der Waals surface area (Å²) in [6.45, 7) is 11.5. The zero-order valence-corrected chi connectivity index (χ0v) is 16.5. The minimum atomic E-state index is -0.338. The van der Waals surface area contributed by atoms with Gasteiger partial charge in [-0.2, -0.15) is 0 Å². The molecule has 0 radical (unpaired) electrons. The monoisotopic (exact) mass is 371 g/mol. The van der Waals surface area contributed by atoms with Crippen molar-refractivity contribution < 1.29 is 14.3 Å². The maximum absolute atomic E-state index is 13.3. The van der Waals surface area contributed by atoms with Crippen LogP contribution in [0.25, 0.3) is 0 Å². The minimum Gasteiger partial charge on any atom is -0.379 e. The maximum Gasteiger partial charge on any atom is 0.237 e. The van der Waals surface area contributed by atoms with Crippen LogP contribution in [-0.4, -0.2) is 73.6 Å². The van der Waals surface area contributed by atoms with E-state index < -0.39 is 0 Å². The lowest BCUT2D eigenvalue weighted by Crippen LogP contribution is -2.47. The highest BCUT2D eigenvalue weighted by Gasteiger charge is 2.54. The third-order valence-corrected chi connectivity index (χ3v) is 6.37. The van der Waals surface area contributed by atoms with Crippen molar-refractivity contribution in [2.24, 2.45) is 5.92 Å². The number of rotatable bonds is 4. The third-order valence-electron chi connectivity index (χ3n) is 6.37. The molecular weight excluding hydrogens is 342 g/mol. The number of benzene rings is 1. The second-order valence-electron chi connectivity index (χ2n) is 7.87. The number of hydrogen-bond donors (Lipinski definition) is 0. The van der Waals surface area contributed by atoms with Crippen LogP contribution in [0, 0.1) is 12.8 Å². The molecule has 1 aromatic carbocycles. The Morgan fingerprint density at radius 1 is 1.11 bits per heavy atom. The molecule has 6 heteroatoms. The van der Waals surface area contributed by atoms with Gasteiger partial charge < -0.3 is 9.64 Å². The number of likely N-dealkylation sites (tertiary alicyclic amines) is 1. The molecular formula is C21H29N3O3. The van der Waals surface area contributed by atoms with Gasteiger partial charge in [0, 0.05) is 44.5 Å². The molecule has 6 nitrogen and oxygen atoms in total. The molecule has 2 amide bonds. The zero-order valence-electron chi connectivity index (χ0n) is 16.5. The third kappa shape index (κ3) is 3.05.